The van der Waals surface area contributed by atoms with Crippen molar-refractivity contribution in [2.45, 2.75) is 38.0 Å². The molecule has 0 spiro atoms. The Labute approximate surface area is 113 Å². The first-order chi connectivity index (χ1) is 9.33. The molecule has 0 aromatic heterocycles. The van der Waals surface area contributed by atoms with E-state index in [0.717, 1.165) is 31.4 Å². The topological polar surface area (TPSA) is 50.4 Å². The van der Waals surface area contributed by atoms with E-state index in [1.54, 1.807) is 0 Å². The fourth-order valence-electron chi connectivity index (χ4n) is 3.25. The Kier molecular flexibility index (Phi) is 3.69. The van der Waals surface area contributed by atoms with Crippen molar-refractivity contribution in [3.8, 4) is 0 Å². The number of carbonyl (C=O) groups is 1. The van der Waals surface area contributed by atoms with Crippen LogP contribution in [-0.4, -0.2) is 24.7 Å². The summed E-state index contributed by atoms with van der Waals surface area (Å²) in [6, 6.07) is 10.6. The van der Waals surface area contributed by atoms with Crippen molar-refractivity contribution in [2.24, 2.45) is 5.92 Å². The van der Waals surface area contributed by atoms with E-state index in [9.17, 15) is 4.79 Å². The number of hydrogen-bond acceptors (Lipinski definition) is 3. The molecule has 0 bridgehead atoms. The lowest BCUT2D eigenvalue weighted by atomic mass is 10.0. The molecule has 4 heteroatoms. The second-order valence-electron chi connectivity index (χ2n) is 5.40. The second-order valence-corrected chi connectivity index (χ2v) is 5.40. The Balaban J connectivity index is 1.46. The van der Waals surface area contributed by atoms with Gasteiger partial charge in [0, 0.05) is 12.1 Å². The van der Waals surface area contributed by atoms with Gasteiger partial charge < -0.3 is 15.4 Å². The molecule has 1 saturated carbocycles. The predicted molar refractivity (Wildman–Crippen MR) is 72.7 cm³/mol. The SMILES string of the molecule is O=C(NC1CC[C@H]2NCC[C@@H]12)OCc1ccccc1. The molecular formula is C15H20N2O2. The third-order valence-corrected chi connectivity index (χ3v) is 4.22. The first kappa shape index (κ1) is 12.5. The van der Waals surface area contributed by atoms with Crippen molar-refractivity contribution >= 4 is 6.09 Å². The maximum atomic E-state index is 11.8. The third kappa shape index (κ3) is 2.89. The second kappa shape index (κ2) is 5.61. The molecule has 1 heterocycles. The van der Waals surface area contributed by atoms with Gasteiger partial charge in [0.2, 0.25) is 0 Å². The fraction of sp³-hybridized carbons (Fsp3) is 0.533. The molecule has 102 valence electrons. The van der Waals surface area contributed by atoms with Crippen LogP contribution >= 0.6 is 0 Å². The number of rotatable bonds is 3. The fourth-order valence-corrected chi connectivity index (χ4v) is 3.25. The highest BCUT2D eigenvalue weighted by molar-refractivity contribution is 5.67. The van der Waals surface area contributed by atoms with Crippen LogP contribution in [0.4, 0.5) is 4.79 Å². The molecule has 3 rings (SSSR count). The van der Waals surface area contributed by atoms with E-state index in [-0.39, 0.29) is 12.1 Å². The van der Waals surface area contributed by atoms with Gasteiger partial charge in [-0.25, -0.2) is 4.79 Å². The van der Waals surface area contributed by atoms with Gasteiger partial charge >= 0.3 is 6.09 Å². The molecule has 1 saturated heterocycles. The van der Waals surface area contributed by atoms with Crippen molar-refractivity contribution in [3.05, 3.63) is 35.9 Å². The van der Waals surface area contributed by atoms with E-state index >= 15 is 0 Å². The van der Waals surface area contributed by atoms with Gasteiger partial charge in [0.25, 0.3) is 0 Å². The average Bonchev–Trinajstić information content (AvgIpc) is 3.03. The summed E-state index contributed by atoms with van der Waals surface area (Å²) < 4.78 is 5.27. The molecule has 19 heavy (non-hydrogen) atoms. The number of alkyl carbamates (subject to hydrolysis) is 1. The molecule has 2 fully saturated rings. The first-order valence-corrected chi connectivity index (χ1v) is 7.03. The summed E-state index contributed by atoms with van der Waals surface area (Å²) >= 11 is 0. The van der Waals surface area contributed by atoms with E-state index in [4.69, 9.17) is 4.74 Å². The van der Waals surface area contributed by atoms with Crippen LogP contribution in [0.3, 0.4) is 0 Å². The highest BCUT2D eigenvalue weighted by atomic mass is 16.5. The lowest BCUT2D eigenvalue weighted by molar-refractivity contribution is 0.133. The molecule has 1 aromatic carbocycles. The zero-order chi connectivity index (χ0) is 13.1. The predicted octanol–water partition coefficient (Wildman–Crippen LogP) is 2.05. The van der Waals surface area contributed by atoms with E-state index in [1.807, 2.05) is 30.3 Å². The van der Waals surface area contributed by atoms with E-state index in [1.165, 1.54) is 0 Å². The Bertz CT molecular complexity index is 435. The minimum absolute atomic E-state index is 0.281. The summed E-state index contributed by atoms with van der Waals surface area (Å²) in [6.07, 6.45) is 3.09. The van der Waals surface area contributed by atoms with Crippen molar-refractivity contribution in [1.82, 2.24) is 10.6 Å². The van der Waals surface area contributed by atoms with Crippen molar-refractivity contribution in [3.63, 3.8) is 0 Å². The molecule has 1 aromatic rings. The molecule has 1 aliphatic carbocycles. The van der Waals surface area contributed by atoms with Gasteiger partial charge in [-0.2, -0.15) is 0 Å². The van der Waals surface area contributed by atoms with E-state index in [2.05, 4.69) is 10.6 Å². The Morgan fingerprint density at radius 1 is 1.26 bits per heavy atom. The lowest BCUT2D eigenvalue weighted by Crippen LogP contribution is -2.39. The molecule has 4 nitrogen and oxygen atoms in total. The van der Waals surface area contributed by atoms with E-state index < -0.39 is 0 Å². The van der Waals surface area contributed by atoms with Gasteiger partial charge in [0.15, 0.2) is 0 Å². The van der Waals surface area contributed by atoms with Crippen LogP contribution in [0.5, 0.6) is 0 Å². The molecule has 3 atom stereocenters. The number of benzene rings is 1. The van der Waals surface area contributed by atoms with Gasteiger partial charge in [-0.3, -0.25) is 0 Å². The molecular weight excluding hydrogens is 240 g/mol. The Morgan fingerprint density at radius 2 is 2.11 bits per heavy atom. The zero-order valence-corrected chi connectivity index (χ0v) is 11.0. The number of fused-ring (bicyclic) bond motifs is 1. The Hall–Kier alpha value is -1.55. The van der Waals surface area contributed by atoms with Crippen LogP contribution < -0.4 is 10.6 Å². The van der Waals surface area contributed by atoms with E-state index in [0.29, 0.717) is 18.6 Å². The largest absolute Gasteiger partial charge is 0.445 e. The van der Waals surface area contributed by atoms with Crippen molar-refractivity contribution in [2.75, 3.05) is 6.54 Å². The van der Waals surface area contributed by atoms with Gasteiger partial charge in [0.1, 0.15) is 6.61 Å². The van der Waals surface area contributed by atoms with Crippen LogP contribution in [0.15, 0.2) is 30.3 Å². The number of nitrogens with one attached hydrogen (secondary N) is 2. The number of amides is 1. The molecule has 1 amide bonds. The van der Waals surface area contributed by atoms with Crippen LogP contribution in [0.25, 0.3) is 0 Å². The number of hydrogen-bond donors (Lipinski definition) is 2. The maximum Gasteiger partial charge on any atom is 0.407 e. The van der Waals surface area contributed by atoms with Gasteiger partial charge in [0.05, 0.1) is 0 Å². The molecule has 1 unspecified atom stereocenters. The molecule has 2 aliphatic rings. The van der Waals surface area contributed by atoms with Gasteiger partial charge in [-0.05, 0) is 37.3 Å². The Morgan fingerprint density at radius 3 is 2.95 bits per heavy atom. The third-order valence-electron chi connectivity index (χ3n) is 4.22. The van der Waals surface area contributed by atoms with Gasteiger partial charge in [-0.15, -0.1) is 0 Å². The normalized spacial score (nSPS) is 28.9. The smallest absolute Gasteiger partial charge is 0.407 e. The number of carbonyl (C=O) groups excluding carboxylic acids is 1. The summed E-state index contributed by atoms with van der Waals surface area (Å²) in [7, 11) is 0. The highest BCUT2D eigenvalue weighted by Gasteiger charge is 2.39. The molecule has 2 N–H and O–H groups in total. The van der Waals surface area contributed by atoms with Crippen molar-refractivity contribution < 1.29 is 9.53 Å². The first-order valence-electron chi connectivity index (χ1n) is 7.03. The van der Waals surface area contributed by atoms with Crippen molar-refractivity contribution in [1.29, 1.82) is 0 Å². The monoisotopic (exact) mass is 260 g/mol. The standard InChI is InChI=1S/C15H20N2O2/c18-15(19-10-11-4-2-1-3-5-11)17-14-7-6-13-12(14)8-9-16-13/h1-5,12-14,16H,6-10H2,(H,17,18)/t12-,13-,14?/m1/s1. The van der Waals surface area contributed by atoms with Crippen LogP contribution in [-0.2, 0) is 11.3 Å². The highest BCUT2D eigenvalue weighted by Crippen LogP contribution is 2.32. The average molecular weight is 260 g/mol. The maximum absolute atomic E-state index is 11.8. The quantitative estimate of drug-likeness (QED) is 0.874. The number of ether oxygens (including phenoxy) is 1. The minimum atomic E-state index is -0.290. The van der Waals surface area contributed by atoms with Crippen LogP contribution in [0, 0.1) is 5.92 Å². The molecule has 0 radical (unpaired) electrons. The van der Waals surface area contributed by atoms with Gasteiger partial charge in [-0.1, -0.05) is 30.3 Å². The summed E-state index contributed by atoms with van der Waals surface area (Å²) in [5.74, 6) is 0.587. The van der Waals surface area contributed by atoms with Crippen LogP contribution in [0.2, 0.25) is 0 Å². The summed E-state index contributed by atoms with van der Waals surface area (Å²) in [5.41, 5.74) is 1.02. The lowest BCUT2D eigenvalue weighted by Gasteiger charge is -2.19. The van der Waals surface area contributed by atoms with Crippen LogP contribution in [0.1, 0.15) is 24.8 Å². The zero-order valence-electron chi connectivity index (χ0n) is 11.0. The summed E-state index contributed by atoms with van der Waals surface area (Å²) in [6.45, 7) is 1.41. The summed E-state index contributed by atoms with van der Waals surface area (Å²) in [5, 5.41) is 6.51. The summed E-state index contributed by atoms with van der Waals surface area (Å²) in [4.78, 5) is 11.8. The molecule has 1 aliphatic heterocycles. The minimum Gasteiger partial charge on any atom is -0.445 e.